The molecule has 21 heavy (non-hydrogen) atoms. The SMILES string of the molecule is C[C](C)CN1CC(O)NC(c2ccccc2OC(F)F)C1. The highest BCUT2D eigenvalue weighted by atomic mass is 19.3. The van der Waals surface area contributed by atoms with Gasteiger partial charge in [-0.15, -0.1) is 0 Å². The van der Waals surface area contributed by atoms with E-state index in [2.05, 4.69) is 15.0 Å². The fraction of sp³-hybridized carbons (Fsp3) is 0.533. The van der Waals surface area contributed by atoms with Crippen LogP contribution < -0.4 is 10.1 Å². The maximum atomic E-state index is 12.5. The summed E-state index contributed by atoms with van der Waals surface area (Å²) in [7, 11) is 0. The third-order valence-electron chi connectivity index (χ3n) is 3.32. The standard InChI is InChI=1S/C15H21F2N2O2/c1-10(2)7-19-8-12(18-14(20)9-19)11-5-3-4-6-13(11)21-15(16)17/h3-6,12,14-15,18,20H,7-9H2,1-2H3. The number of benzene rings is 1. The second-order valence-electron chi connectivity index (χ2n) is 5.55. The average molecular weight is 299 g/mol. The van der Waals surface area contributed by atoms with Gasteiger partial charge < -0.3 is 9.84 Å². The van der Waals surface area contributed by atoms with E-state index in [4.69, 9.17) is 0 Å². The first-order chi connectivity index (χ1) is 9.95. The number of aliphatic hydroxyl groups excluding tert-OH is 1. The molecule has 0 amide bonds. The zero-order valence-electron chi connectivity index (χ0n) is 12.2. The number of ether oxygens (including phenoxy) is 1. The first-order valence-corrected chi connectivity index (χ1v) is 6.95. The number of aliphatic hydroxyl groups is 1. The zero-order valence-corrected chi connectivity index (χ0v) is 12.2. The molecule has 6 heteroatoms. The number of halogens is 2. The summed E-state index contributed by atoms with van der Waals surface area (Å²) in [6.45, 7) is 3.11. The molecule has 2 rings (SSSR count). The fourth-order valence-corrected chi connectivity index (χ4v) is 2.65. The lowest BCUT2D eigenvalue weighted by Gasteiger charge is -2.38. The molecule has 1 fully saturated rings. The van der Waals surface area contributed by atoms with E-state index in [1.54, 1.807) is 18.2 Å². The number of hydrogen-bond acceptors (Lipinski definition) is 4. The minimum Gasteiger partial charge on any atom is -0.434 e. The topological polar surface area (TPSA) is 44.7 Å². The summed E-state index contributed by atoms with van der Waals surface area (Å²) in [5.74, 6) is 1.39. The van der Waals surface area contributed by atoms with Gasteiger partial charge in [-0.1, -0.05) is 32.0 Å². The summed E-state index contributed by atoms with van der Waals surface area (Å²) in [5.41, 5.74) is 0.635. The van der Waals surface area contributed by atoms with Gasteiger partial charge in [-0.2, -0.15) is 8.78 Å². The minimum atomic E-state index is -2.86. The van der Waals surface area contributed by atoms with Crippen LogP contribution in [-0.2, 0) is 0 Å². The van der Waals surface area contributed by atoms with Crippen molar-refractivity contribution in [2.24, 2.45) is 0 Å². The zero-order chi connectivity index (χ0) is 15.4. The molecule has 0 aliphatic carbocycles. The number of alkyl halides is 2. The van der Waals surface area contributed by atoms with Gasteiger partial charge in [0.2, 0.25) is 0 Å². The van der Waals surface area contributed by atoms with Crippen molar-refractivity contribution in [2.75, 3.05) is 19.6 Å². The molecule has 0 saturated carbocycles. The highest BCUT2D eigenvalue weighted by molar-refractivity contribution is 5.36. The van der Waals surface area contributed by atoms with Gasteiger partial charge in [-0.25, -0.2) is 0 Å². The Bertz CT molecular complexity index is 455. The fourth-order valence-electron chi connectivity index (χ4n) is 2.65. The third-order valence-corrected chi connectivity index (χ3v) is 3.32. The predicted molar refractivity (Wildman–Crippen MR) is 76.0 cm³/mol. The highest BCUT2D eigenvalue weighted by Gasteiger charge is 2.28. The number of rotatable bonds is 5. The average Bonchev–Trinajstić information content (AvgIpc) is 2.37. The van der Waals surface area contributed by atoms with Crippen LogP contribution in [0.2, 0.25) is 0 Å². The van der Waals surface area contributed by atoms with Gasteiger partial charge in [0.1, 0.15) is 12.0 Å². The Labute approximate surface area is 123 Å². The Hall–Kier alpha value is -1.24. The van der Waals surface area contributed by atoms with E-state index < -0.39 is 12.8 Å². The summed E-state index contributed by atoms with van der Waals surface area (Å²) in [4.78, 5) is 2.10. The van der Waals surface area contributed by atoms with Crippen LogP contribution >= 0.6 is 0 Å². The Morgan fingerprint density at radius 2 is 2.10 bits per heavy atom. The van der Waals surface area contributed by atoms with E-state index in [-0.39, 0.29) is 11.8 Å². The molecule has 2 atom stereocenters. The predicted octanol–water partition coefficient (Wildman–Crippen LogP) is 2.17. The monoisotopic (exact) mass is 299 g/mol. The van der Waals surface area contributed by atoms with E-state index in [0.717, 1.165) is 6.54 Å². The van der Waals surface area contributed by atoms with Crippen molar-refractivity contribution in [3.05, 3.63) is 35.7 Å². The van der Waals surface area contributed by atoms with Crippen LogP contribution in [0.1, 0.15) is 25.5 Å². The maximum Gasteiger partial charge on any atom is 0.387 e. The Morgan fingerprint density at radius 1 is 1.38 bits per heavy atom. The highest BCUT2D eigenvalue weighted by Crippen LogP contribution is 2.29. The molecule has 117 valence electrons. The van der Waals surface area contributed by atoms with Crippen LogP contribution in [-0.4, -0.2) is 42.5 Å². The largest absolute Gasteiger partial charge is 0.434 e. The maximum absolute atomic E-state index is 12.5. The number of para-hydroxylation sites is 1. The molecule has 0 bridgehead atoms. The van der Waals surface area contributed by atoms with Crippen molar-refractivity contribution in [3.8, 4) is 5.75 Å². The van der Waals surface area contributed by atoms with Gasteiger partial charge >= 0.3 is 6.61 Å². The molecular weight excluding hydrogens is 278 g/mol. The summed E-state index contributed by atoms with van der Waals surface area (Å²) >= 11 is 0. The lowest BCUT2D eigenvalue weighted by atomic mass is 10.0. The van der Waals surface area contributed by atoms with Crippen molar-refractivity contribution in [1.82, 2.24) is 10.2 Å². The van der Waals surface area contributed by atoms with Crippen LogP contribution in [0.25, 0.3) is 0 Å². The molecule has 0 spiro atoms. The molecule has 1 radical (unpaired) electrons. The van der Waals surface area contributed by atoms with Gasteiger partial charge in [0, 0.05) is 25.2 Å². The van der Waals surface area contributed by atoms with Gasteiger partial charge in [0.25, 0.3) is 0 Å². The number of piperazine rings is 1. The molecule has 1 heterocycles. The van der Waals surface area contributed by atoms with Crippen molar-refractivity contribution in [1.29, 1.82) is 0 Å². The molecule has 1 aromatic rings. The van der Waals surface area contributed by atoms with Crippen LogP contribution in [0, 0.1) is 5.92 Å². The molecule has 2 N–H and O–H groups in total. The van der Waals surface area contributed by atoms with Gasteiger partial charge in [-0.3, -0.25) is 10.2 Å². The minimum absolute atomic E-state index is 0.149. The lowest BCUT2D eigenvalue weighted by molar-refractivity contribution is -0.0514. The number of hydrogen-bond donors (Lipinski definition) is 2. The number of nitrogens with one attached hydrogen (secondary N) is 1. The van der Waals surface area contributed by atoms with Crippen LogP contribution in [0.3, 0.4) is 0 Å². The van der Waals surface area contributed by atoms with E-state index >= 15 is 0 Å². The Kier molecular flexibility index (Phi) is 5.50. The second kappa shape index (κ2) is 7.15. The quantitative estimate of drug-likeness (QED) is 0.874. The van der Waals surface area contributed by atoms with E-state index in [9.17, 15) is 13.9 Å². The van der Waals surface area contributed by atoms with E-state index in [1.165, 1.54) is 12.0 Å². The summed E-state index contributed by atoms with van der Waals surface area (Å²) in [5, 5.41) is 13.0. The van der Waals surface area contributed by atoms with E-state index in [0.29, 0.717) is 18.7 Å². The van der Waals surface area contributed by atoms with Gasteiger partial charge in [0.05, 0.1) is 6.04 Å². The van der Waals surface area contributed by atoms with E-state index in [1.807, 2.05) is 13.8 Å². The summed E-state index contributed by atoms with van der Waals surface area (Å²) < 4.78 is 29.5. The van der Waals surface area contributed by atoms with Crippen molar-refractivity contribution in [3.63, 3.8) is 0 Å². The van der Waals surface area contributed by atoms with Crippen LogP contribution in [0.15, 0.2) is 24.3 Å². The number of nitrogens with zero attached hydrogens (tertiary/aromatic N) is 1. The molecule has 1 saturated heterocycles. The number of β-amino-alcohol motifs (C(OH)–C–C–N with tert-alkyl or cyclic N) is 1. The second-order valence-corrected chi connectivity index (χ2v) is 5.55. The van der Waals surface area contributed by atoms with Crippen LogP contribution in [0.5, 0.6) is 5.75 Å². The molecule has 1 aliphatic heterocycles. The normalized spacial score (nSPS) is 23.8. The molecule has 1 aliphatic rings. The molecular formula is C15H21F2N2O2. The van der Waals surface area contributed by atoms with Crippen molar-refractivity contribution >= 4 is 0 Å². The van der Waals surface area contributed by atoms with Gasteiger partial charge in [-0.05, 0) is 12.0 Å². The first-order valence-electron chi connectivity index (χ1n) is 6.95. The Morgan fingerprint density at radius 3 is 2.76 bits per heavy atom. The summed E-state index contributed by atoms with van der Waals surface area (Å²) in [6, 6.07) is 6.45. The molecule has 1 aromatic carbocycles. The third kappa shape index (κ3) is 4.62. The van der Waals surface area contributed by atoms with Crippen molar-refractivity contribution in [2.45, 2.75) is 32.7 Å². The van der Waals surface area contributed by atoms with Gasteiger partial charge in [0.15, 0.2) is 0 Å². The lowest BCUT2D eigenvalue weighted by Crippen LogP contribution is -2.52. The Balaban J connectivity index is 2.16. The smallest absolute Gasteiger partial charge is 0.387 e. The first kappa shape index (κ1) is 16.1. The summed E-state index contributed by atoms with van der Waals surface area (Å²) in [6.07, 6.45) is -0.692. The van der Waals surface area contributed by atoms with Crippen LogP contribution in [0.4, 0.5) is 8.78 Å². The molecule has 0 aromatic heterocycles. The molecule has 4 nitrogen and oxygen atoms in total. The molecule has 2 unspecified atom stereocenters. The van der Waals surface area contributed by atoms with Crippen molar-refractivity contribution < 1.29 is 18.6 Å².